The van der Waals surface area contributed by atoms with Crippen molar-refractivity contribution in [1.29, 1.82) is 0 Å². The van der Waals surface area contributed by atoms with Crippen molar-refractivity contribution in [2.45, 2.75) is 9.79 Å². The number of hydrogen-bond acceptors (Lipinski definition) is 2. The van der Waals surface area contributed by atoms with E-state index in [1.807, 2.05) is 23.1 Å². The fraction of sp³-hybridized carbons (Fsp3) is 0. The van der Waals surface area contributed by atoms with Crippen LogP contribution in [-0.4, -0.2) is 6.71 Å². The zero-order valence-corrected chi connectivity index (χ0v) is 20.3. The molecule has 2 aliphatic heterocycles. The first kappa shape index (κ1) is 18.8. The molecule has 3 heterocycles. The molecule has 3 heteroatoms. The Hall–Kier alpha value is -3.53. The quantitative estimate of drug-likeness (QED) is 0.207. The smallest absolute Gasteiger partial charge is 0.135 e. The van der Waals surface area contributed by atoms with Crippen molar-refractivity contribution in [3.63, 3.8) is 0 Å². The highest BCUT2D eigenvalue weighted by atomic mass is 32.2. The van der Waals surface area contributed by atoms with Gasteiger partial charge in [-0.05, 0) is 56.3 Å². The van der Waals surface area contributed by atoms with Crippen molar-refractivity contribution in [1.82, 2.24) is 0 Å². The summed E-state index contributed by atoms with van der Waals surface area (Å²) in [7, 11) is 0. The summed E-state index contributed by atoms with van der Waals surface area (Å²) < 4.78 is 2.77. The van der Waals surface area contributed by atoms with Gasteiger partial charge in [0.25, 0.3) is 0 Å². The lowest BCUT2D eigenvalue weighted by molar-refractivity contribution is 1.46. The van der Waals surface area contributed by atoms with E-state index in [9.17, 15) is 0 Å². The van der Waals surface area contributed by atoms with Crippen molar-refractivity contribution >= 4 is 87.9 Å². The monoisotopic (exact) mass is 476 g/mol. The van der Waals surface area contributed by atoms with Gasteiger partial charge in [-0.25, -0.2) is 0 Å². The molecule has 160 valence electrons. The van der Waals surface area contributed by atoms with Gasteiger partial charge in [0.2, 0.25) is 6.71 Å². The molecule has 0 spiro atoms. The number of thiophene rings is 1. The predicted octanol–water partition coefficient (Wildman–Crippen LogP) is 7.32. The van der Waals surface area contributed by atoms with Gasteiger partial charge in [0, 0.05) is 30.0 Å². The average Bonchev–Trinajstić information content (AvgIpc) is 3.29. The fourth-order valence-corrected chi connectivity index (χ4v) is 9.01. The molecule has 2 aliphatic rings. The van der Waals surface area contributed by atoms with Crippen molar-refractivity contribution in [3.05, 3.63) is 103 Å². The SMILES string of the molecule is c1cc2c3c(c1)-c1cccc4c1c(cc1sc5ccccc5c14)B3c1ccc3ccccc3c1S2. The molecule has 0 saturated heterocycles. The third kappa shape index (κ3) is 2.31. The highest BCUT2D eigenvalue weighted by molar-refractivity contribution is 8.00. The molecule has 0 bridgehead atoms. The van der Waals surface area contributed by atoms with E-state index in [4.69, 9.17) is 0 Å². The molecule has 9 rings (SSSR count). The normalized spacial score (nSPS) is 13.5. The van der Waals surface area contributed by atoms with E-state index in [1.54, 1.807) is 0 Å². The largest absolute Gasteiger partial charge is 0.245 e. The predicted molar refractivity (Wildman–Crippen MR) is 155 cm³/mol. The third-order valence-electron chi connectivity index (χ3n) is 7.92. The average molecular weight is 476 g/mol. The minimum Gasteiger partial charge on any atom is -0.135 e. The maximum absolute atomic E-state index is 2.52. The first-order chi connectivity index (χ1) is 17.4. The molecule has 1 aromatic heterocycles. The van der Waals surface area contributed by atoms with E-state index in [1.165, 1.54) is 79.0 Å². The van der Waals surface area contributed by atoms with Crippen LogP contribution in [-0.2, 0) is 0 Å². The molecule has 0 atom stereocenters. The lowest BCUT2D eigenvalue weighted by Gasteiger charge is -2.34. The lowest BCUT2D eigenvalue weighted by Crippen LogP contribution is -2.57. The molecule has 0 amide bonds. The van der Waals surface area contributed by atoms with Gasteiger partial charge in [0.05, 0.1) is 0 Å². The third-order valence-corrected chi connectivity index (χ3v) is 10.3. The van der Waals surface area contributed by atoms with Crippen LogP contribution in [0.15, 0.2) is 113 Å². The van der Waals surface area contributed by atoms with Gasteiger partial charge in [0.15, 0.2) is 0 Å². The van der Waals surface area contributed by atoms with Gasteiger partial charge in [0.1, 0.15) is 0 Å². The summed E-state index contributed by atoms with van der Waals surface area (Å²) in [5.41, 5.74) is 7.18. The molecule has 0 nitrogen and oxygen atoms in total. The Morgan fingerprint density at radius 3 is 2.31 bits per heavy atom. The fourth-order valence-electron chi connectivity index (χ4n) is 6.54. The molecule has 0 N–H and O–H groups in total. The maximum Gasteiger partial charge on any atom is 0.245 e. The van der Waals surface area contributed by atoms with Crippen LogP contribution in [0.25, 0.3) is 52.8 Å². The second-order valence-electron chi connectivity index (χ2n) is 9.62. The second-order valence-corrected chi connectivity index (χ2v) is 11.8. The Morgan fingerprint density at radius 2 is 1.34 bits per heavy atom. The van der Waals surface area contributed by atoms with E-state index < -0.39 is 0 Å². The molecule has 0 saturated carbocycles. The summed E-state index contributed by atoms with van der Waals surface area (Å²) in [6.45, 7) is 0.258. The van der Waals surface area contributed by atoms with Crippen LogP contribution in [0.5, 0.6) is 0 Å². The molecular formula is C32H17BS2. The minimum absolute atomic E-state index is 0.258. The van der Waals surface area contributed by atoms with Gasteiger partial charge in [-0.1, -0.05) is 108 Å². The first-order valence-electron chi connectivity index (χ1n) is 12.1. The standard InChI is InChI=1S/C32H17BS2/c1-2-8-19-18(7-1)15-16-24-32(19)35-27-14-6-11-21-20-10-5-12-23-29(20)25(33(24)31(21)27)17-28-30(23)22-9-3-4-13-26(22)34-28/h1-17H. The summed E-state index contributed by atoms with van der Waals surface area (Å²) >= 11 is 3.88. The van der Waals surface area contributed by atoms with Crippen LogP contribution in [0.2, 0.25) is 0 Å². The Morgan fingerprint density at radius 1 is 0.543 bits per heavy atom. The van der Waals surface area contributed by atoms with E-state index in [-0.39, 0.29) is 6.71 Å². The lowest BCUT2D eigenvalue weighted by atomic mass is 9.33. The summed E-state index contributed by atoms with van der Waals surface area (Å²) in [5, 5.41) is 8.30. The molecule has 6 aromatic carbocycles. The highest BCUT2D eigenvalue weighted by Crippen LogP contribution is 2.44. The Labute approximate surface area is 211 Å². The van der Waals surface area contributed by atoms with Crippen molar-refractivity contribution in [3.8, 4) is 11.1 Å². The van der Waals surface area contributed by atoms with E-state index in [0.29, 0.717) is 0 Å². The van der Waals surface area contributed by atoms with Crippen LogP contribution < -0.4 is 16.4 Å². The molecule has 0 radical (unpaired) electrons. The van der Waals surface area contributed by atoms with Gasteiger partial charge in [-0.2, -0.15) is 0 Å². The van der Waals surface area contributed by atoms with Gasteiger partial charge in [-0.15, -0.1) is 11.3 Å². The number of fused-ring (bicyclic) bond motifs is 10. The Bertz CT molecular complexity index is 2050. The summed E-state index contributed by atoms with van der Waals surface area (Å²) in [4.78, 5) is 2.82. The van der Waals surface area contributed by atoms with Gasteiger partial charge >= 0.3 is 0 Å². The van der Waals surface area contributed by atoms with Crippen LogP contribution in [0.4, 0.5) is 0 Å². The topological polar surface area (TPSA) is 0 Å². The number of rotatable bonds is 0. The summed E-state index contributed by atoms with van der Waals surface area (Å²) in [5.74, 6) is 0. The molecule has 7 aromatic rings. The number of benzene rings is 6. The van der Waals surface area contributed by atoms with Crippen LogP contribution in [0.3, 0.4) is 0 Å². The number of hydrogen-bond donors (Lipinski definition) is 0. The zero-order valence-electron chi connectivity index (χ0n) is 18.7. The summed E-state index contributed by atoms with van der Waals surface area (Å²) in [6, 6.07) is 38.8. The Balaban J connectivity index is 1.50. The summed E-state index contributed by atoms with van der Waals surface area (Å²) in [6.07, 6.45) is 0. The van der Waals surface area contributed by atoms with Crippen molar-refractivity contribution in [2.24, 2.45) is 0 Å². The second kappa shape index (κ2) is 6.57. The minimum atomic E-state index is 0.258. The van der Waals surface area contributed by atoms with E-state index >= 15 is 0 Å². The van der Waals surface area contributed by atoms with Crippen LogP contribution in [0, 0.1) is 0 Å². The van der Waals surface area contributed by atoms with Gasteiger partial charge in [-0.3, -0.25) is 0 Å². The van der Waals surface area contributed by atoms with Crippen LogP contribution >= 0.6 is 23.1 Å². The molecule has 0 unspecified atom stereocenters. The molecule has 0 fully saturated rings. The first-order valence-corrected chi connectivity index (χ1v) is 13.7. The van der Waals surface area contributed by atoms with E-state index in [2.05, 4.69) is 103 Å². The van der Waals surface area contributed by atoms with Crippen LogP contribution in [0.1, 0.15) is 0 Å². The highest BCUT2D eigenvalue weighted by Gasteiger charge is 2.39. The Kier molecular flexibility index (Phi) is 3.52. The molecular weight excluding hydrogens is 459 g/mol. The van der Waals surface area contributed by atoms with Crippen molar-refractivity contribution < 1.29 is 0 Å². The van der Waals surface area contributed by atoms with E-state index in [0.717, 1.165) is 0 Å². The zero-order chi connectivity index (χ0) is 22.7. The molecule has 0 aliphatic carbocycles. The maximum atomic E-state index is 2.52. The van der Waals surface area contributed by atoms with Gasteiger partial charge < -0.3 is 0 Å². The molecule has 35 heavy (non-hydrogen) atoms. The van der Waals surface area contributed by atoms with Crippen molar-refractivity contribution in [2.75, 3.05) is 0 Å².